The highest BCUT2D eigenvalue weighted by Gasteiger charge is 2.21. The van der Waals surface area contributed by atoms with Crippen molar-refractivity contribution in [2.45, 2.75) is 25.4 Å². The standard InChI is InChI=1S/C18H20FN3O2/c19-15-9-17(11-18(10-15)22(23)24)20-16-7-4-8-21(13-16)12-14-5-2-1-3-6-14/h1-3,5-6,9-11,16,20H,4,7-8,12-13H2. The SMILES string of the molecule is O=[N+]([O-])c1cc(F)cc(NC2CCCN(Cc3ccccc3)C2)c1. The third kappa shape index (κ3) is 4.29. The van der Waals surface area contributed by atoms with Crippen LogP contribution in [0.15, 0.2) is 48.5 Å². The molecule has 0 amide bonds. The first-order chi connectivity index (χ1) is 11.6. The molecule has 2 aromatic rings. The fourth-order valence-electron chi connectivity index (χ4n) is 3.16. The van der Waals surface area contributed by atoms with Gasteiger partial charge in [-0.3, -0.25) is 15.0 Å². The number of halogens is 1. The second-order valence-electron chi connectivity index (χ2n) is 6.16. The molecule has 0 radical (unpaired) electrons. The van der Waals surface area contributed by atoms with Crippen LogP contribution in [0.3, 0.4) is 0 Å². The maximum Gasteiger partial charge on any atom is 0.274 e. The molecule has 3 rings (SSSR count). The maximum absolute atomic E-state index is 13.6. The Morgan fingerprint density at radius 3 is 2.79 bits per heavy atom. The topological polar surface area (TPSA) is 58.4 Å². The molecule has 1 aliphatic rings. The normalized spacial score (nSPS) is 18.3. The van der Waals surface area contributed by atoms with Gasteiger partial charge in [-0.1, -0.05) is 30.3 Å². The second-order valence-corrected chi connectivity index (χ2v) is 6.16. The Morgan fingerprint density at radius 1 is 1.25 bits per heavy atom. The lowest BCUT2D eigenvalue weighted by molar-refractivity contribution is -0.385. The van der Waals surface area contributed by atoms with E-state index in [2.05, 4.69) is 22.3 Å². The summed E-state index contributed by atoms with van der Waals surface area (Å²) in [5.74, 6) is -0.594. The van der Waals surface area contributed by atoms with E-state index in [1.54, 1.807) is 0 Å². The summed E-state index contributed by atoms with van der Waals surface area (Å²) in [5.41, 5.74) is 1.50. The number of nitro groups is 1. The fraction of sp³-hybridized carbons (Fsp3) is 0.333. The van der Waals surface area contributed by atoms with E-state index < -0.39 is 10.7 Å². The fourth-order valence-corrected chi connectivity index (χ4v) is 3.16. The molecule has 6 heteroatoms. The number of nitrogens with one attached hydrogen (secondary N) is 1. The van der Waals surface area contributed by atoms with Gasteiger partial charge in [-0.2, -0.15) is 0 Å². The molecule has 126 valence electrons. The number of rotatable bonds is 5. The molecule has 1 unspecified atom stereocenters. The van der Waals surface area contributed by atoms with Gasteiger partial charge in [0.05, 0.1) is 11.0 Å². The van der Waals surface area contributed by atoms with Gasteiger partial charge in [0.15, 0.2) is 0 Å². The summed E-state index contributed by atoms with van der Waals surface area (Å²) in [6.45, 7) is 2.73. The van der Waals surface area contributed by atoms with Gasteiger partial charge in [0.1, 0.15) is 5.82 Å². The molecule has 0 aromatic heterocycles. The summed E-state index contributed by atoms with van der Waals surface area (Å²) in [6.07, 6.45) is 2.01. The lowest BCUT2D eigenvalue weighted by atomic mass is 10.0. The van der Waals surface area contributed by atoms with Gasteiger partial charge in [-0.25, -0.2) is 4.39 Å². The van der Waals surface area contributed by atoms with Crippen LogP contribution in [-0.4, -0.2) is 29.0 Å². The van der Waals surface area contributed by atoms with E-state index in [9.17, 15) is 14.5 Å². The quantitative estimate of drug-likeness (QED) is 0.669. The first-order valence-corrected chi connectivity index (χ1v) is 8.08. The predicted octanol–water partition coefficient (Wildman–Crippen LogP) is 3.81. The molecule has 0 saturated carbocycles. The minimum atomic E-state index is -0.594. The van der Waals surface area contributed by atoms with Crippen molar-refractivity contribution in [3.63, 3.8) is 0 Å². The average Bonchev–Trinajstić information content (AvgIpc) is 2.55. The summed E-state index contributed by atoms with van der Waals surface area (Å²) in [4.78, 5) is 12.6. The van der Waals surface area contributed by atoms with Crippen molar-refractivity contribution in [2.75, 3.05) is 18.4 Å². The van der Waals surface area contributed by atoms with Crippen LogP contribution in [0.1, 0.15) is 18.4 Å². The minimum Gasteiger partial charge on any atom is -0.381 e. The number of likely N-dealkylation sites (tertiary alicyclic amines) is 1. The van der Waals surface area contributed by atoms with E-state index in [-0.39, 0.29) is 11.7 Å². The van der Waals surface area contributed by atoms with Crippen LogP contribution in [-0.2, 0) is 6.54 Å². The molecule has 5 nitrogen and oxygen atoms in total. The Bertz CT molecular complexity index is 709. The van der Waals surface area contributed by atoms with Crippen LogP contribution in [0.2, 0.25) is 0 Å². The number of non-ortho nitro benzene ring substituents is 1. The highest BCUT2D eigenvalue weighted by Crippen LogP contribution is 2.23. The molecule has 1 N–H and O–H groups in total. The van der Waals surface area contributed by atoms with Crippen molar-refractivity contribution >= 4 is 11.4 Å². The summed E-state index contributed by atoms with van der Waals surface area (Å²) in [7, 11) is 0. The monoisotopic (exact) mass is 329 g/mol. The van der Waals surface area contributed by atoms with Crippen LogP contribution in [0, 0.1) is 15.9 Å². The molecule has 0 bridgehead atoms. The number of nitrogens with zero attached hydrogens (tertiary/aromatic N) is 2. The van der Waals surface area contributed by atoms with E-state index in [0.29, 0.717) is 5.69 Å². The van der Waals surface area contributed by atoms with Crippen molar-refractivity contribution < 1.29 is 9.31 Å². The minimum absolute atomic E-state index is 0.156. The summed E-state index contributed by atoms with van der Waals surface area (Å²) in [6, 6.07) is 14.1. The van der Waals surface area contributed by atoms with Crippen LogP contribution < -0.4 is 5.32 Å². The molecule has 1 atom stereocenters. The van der Waals surface area contributed by atoms with Crippen molar-refractivity contribution in [1.82, 2.24) is 4.90 Å². The number of hydrogen-bond acceptors (Lipinski definition) is 4. The van der Waals surface area contributed by atoms with E-state index in [0.717, 1.165) is 38.5 Å². The first kappa shape index (κ1) is 16.4. The van der Waals surface area contributed by atoms with Crippen LogP contribution in [0.25, 0.3) is 0 Å². The van der Waals surface area contributed by atoms with Gasteiger partial charge in [0.25, 0.3) is 5.69 Å². The molecule has 1 heterocycles. The van der Waals surface area contributed by atoms with E-state index in [1.807, 2.05) is 18.2 Å². The highest BCUT2D eigenvalue weighted by molar-refractivity contribution is 5.52. The van der Waals surface area contributed by atoms with Gasteiger partial charge in [0, 0.05) is 30.9 Å². The van der Waals surface area contributed by atoms with E-state index in [1.165, 1.54) is 17.7 Å². The van der Waals surface area contributed by atoms with Gasteiger partial charge >= 0.3 is 0 Å². The van der Waals surface area contributed by atoms with E-state index in [4.69, 9.17) is 0 Å². The largest absolute Gasteiger partial charge is 0.381 e. The van der Waals surface area contributed by atoms with Crippen molar-refractivity contribution in [1.29, 1.82) is 0 Å². The maximum atomic E-state index is 13.6. The summed E-state index contributed by atoms with van der Waals surface area (Å²) >= 11 is 0. The number of hydrogen-bond donors (Lipinski definition) is 1. The molecule has 24 heavy (non-hydrogen) atoms. The van der Waals surface area contributed by atoms with Gasteiger partial charge in [-0.05, 0) is 31.0 Å². The molecule has 1 fully saturated rings. The lowest BCUT2D eigenvalue weighted by Gasteiger charge is -2.33. The van der Waals surface area contributed by atoms with Gasteiger partial charge in [0.2, 0.25) is 0 Å². The van der Waals surface area contributed by atoms with Crippen molar-refractivity contribution in [2.24, 2.45) is 0 Å². The summed E-state index contributed by atoms with van der Waals surface area (Å²) < 4.78 is 13.6. The Kier molecular flexibility index (Phi) is 5.05. The average molecular weight is 329 g/mol. The molecule has 1 saturated heterocycles. The van der Waals surface area contributed by atoms with Gasteiger partial charge < -0.3 is 5.32 Å². The molecular formula is C18H20FN3O2. The van der Waals surface area contributed by atoms with Crippen molar-refractivity contribution in [3.8, 4) is 0 Å². The van der Waals surface area contributed by atoms with Crippen LogP contribution in [0.5, 0.6) is 0 Å². The smallest absolute Gasteiger partial charge is 0.274 e. The molecule has 1 aliphatic heterocycles. The zero-order valence-corrected chi connectivity index (χ0v) is 13.3. The molecule has 0 aliphatic carbocycles. The third-order valence-electron chi connectivity index (χ3n) is 4.22. The lowest BCUT2D eigenvalue weighted by Crippen LogP contribution is -2.41. The molecule has 2 aromatic carbocycles. The molecular weight excluding hydrogens is 309 g/mol. The zero-order chi connectivity index (χ0) is 16.9. The molecule has 0 spiro atoms. The van der Waals surface area contributed by atoms with Crippen LogP contribution >= 0.6 is 0 Å². The Labute approximate surface area is 140 Å². The number of piperidine rings is 1. The number of nitro benzene ring substituents is 1. The zero-order valence-electron chi connectivity index (χ0n) is 13.3. The number of anilines is 1. The third-order valence-corrected chi connectivity index (χ3v) is 4.22. The predicted molar refractivity (Wildman–Crippen MR) is 91.4 cm³/mol. The Balaban J connectivity index is 1.64. The Morgan fingerprint density at radius 2 is 2.04 bits per heavy atom. The first-order valence-electron chi connectivity index (χ1n) is 8.08. The van der Waals surface area contributed by atoms with Crippen molar-refractivity contribution in [3.05, 3.63) is 70.0 Å². The number of benzene rings is 2. The van der Waals surface area contributed by atoms with E-state index >= 15 is 0 Å². The van der Waals surface area contributed by atoms with Crippen LogP contribution in [0.4, 0.5) is 15.8 Å². The Hall–Kier alpha value is -2.47. The van der Waals surface area contributed by atoms with Gasteiger partial charge in [-0.15, -0.1) is 0 Å². The second kappa shape index (κ2) is 7.40. The summed E-state index contributed by atoms with van der Waals surface area (Å²) in [5, 5.41) is 14.1. The highest BCUT2D eigenvalue weighted by atomic mass is 19.1.